The molecule has 0 unspecified atom stereocenters. The Kier molecular flexibility index (Phi) is 7.45. The molecule has 0 saturated carbocycles. The Morgan fingerprint density at radius 2 is 2.08 bits per heavy atom. The van der Waals surface area contributed by atoms with Gasteiger partial charge in [0.25, 0.3) is 0 Å². The maximum absolute atomic E-state index is 12.6. The van der Waals surface area contributed by atoms with Crippen molar-refractivity contribution in [2.45, 2.75) is 32.3 Å². The standard InChI is InChI=1S/C19H25IN2O4/c1-4-11-25-18(24)22-16-6-5-13(12-15(16)20)17(23)26-19(2,3)14-7-9-21-10-8-14/h4-6,12,14,21H,1,7-11H2,2-3H3,(H,22,24). The van der Waals surface area contributed by atoms with Crippen molar-refractivity contribution in [2.24, 2.45) is 5.92 Å². The number of piperidine rings is 1. The van der Waals surface area contributed by atoms with Gasteiger partial charge < -0.3 is 14.8 Å². The van der Waals surface area contributed by atoms with E-state index in [9.17, 15) is 9.59 Å². The van der Waals surface area contributed by atoms with Crippen molar-refractivity contribution in [2.75, 3.05) is 25.0 Å². The highest BCUT2D eigenvalue weighted by Gasteiger charge is 2.34. The zero-order chi connectivity index (χ0) is 19.2. The molecule has 1 amide bonds. The van der Waals surface area contributed by atoms with E-state index in [-0.39, 0.29) is 12.6 Å². The fourth-order valence-corrected chi connectivity index (χ4v) is 3.57. The van der Waals surface area contributed by atoms with Gasteiger partial charge in [0, 0.05) is 9.49 Å². The first-order valence-corrected chi connectivity index (χ1v) is 9.69. The van der Waals surface area contributed by atoms with Gasteiger partial charge in [-0.05, 0) is 80.6 Å². The highest BCUT2D eigenvalue weighted by atomic mass is 127. The number of amides is 1. The van der Waals surface area contributed by atoms with Crippen molar-refractivity contribution in [3.8, 4) is 0 Å². The summed E-state index contributed by atoms with van der Waals surface area (Å²) >= 11 is 2.06. The maximum atomic E-state index is 12.6. The van der Waals surface area contributed by atoms with Gasteiger partial charge in [-0.1, -0.05) is 12.7 Å². The summed E-state index contributed by atoms with van der Waals surface area (Å²) in [7, 11) is 0. The summed E-state index contributed by atoms with van der Waals surface area (Å²) in [6.45, 7) is 9.47. The number of rotatable bonds is 6. The fraction of sp³-hybridized carbons (Fsp3) is 0.474. The molecule has 0 radical (unpaired) electrons. The molecule has 2 rings (SSSR count). The first-order chi connectivity index (χ1) is 12.3. The van der Waals surface area contributed by atoms with Gasteiger partial charge in [-0.25, -0.2) is 9.59 Å². The normalized spacial score (nSPS) is 15.2. The smallest absolute Gasteiger partial charge is 0.411 e. The molecule has 2 N–H and O–H groups in total. The average Bonchev–Trinajstić information content (AvgIpc) is 2.62. The van der Waals surface area contributed by atoms with E-state index in [1.54, 1.807) is 18.2 Å². The van der Waals surface area contributed by atoms with Gasteiger partial charge in [-0.2, -0.15) is 0 Å². The number of benzene rings is 1. The van der Waals surface area contributed by atoms with Crippen LogP contribution in [0.5, 0.6) is 0 Å². The molecule has 1 aliphatic heterocycles. The van der Waals surface area contributed by atoms with Gasteiger partial charge in [0.15, 0.2) is 0 Å². The molecule has 0 bridgehead atoms. The molecule has 1 aromatic carbocycles. The number of anilines is 1. The summed E-state index contributed by atoms with van der Waals surface area (Å²) in [5, 5.41) is 5.96. The number of esters is 1. The fourth-order valence-electron chi connectivity index (χ4n) is 2.92. The van der Waals surface area contributed by atoms with Gasteiger partial charge in [0.1, 0.15) is 12.2 Å². The van der Waals surface area contributed by atoms with Gasteiger partial charge in [0.05, 0.1) is 11.3 Å². The summed E-state index contributed by atoms with van der Waals surface area (Å²) in [5.74, 6) is -0.0143. The second-order valence-corrected chi connectivity index (χ2v) is 7.89. The van der Waals surface area contributed by atoms with Crippen LogP contribution in [0.2, 0.25) is 0 Å². The Hall–Kier alpha value is -1.61. The van der Waals surface area contributed by atoms with Crippen LogP contribution in [0.1, 0.15) is 37.0 Å². The van der Waals surface area contributed by atoms with Crippen LogP contribution < -0.4 is 10.6 Å². The lowest BCUT2D eigenvalue weighted by Gasteiger charge is -2.36. The molecule has 1 heterocycles. The molecule has 0 atom stereocenters. The third kappa shape index (κ3) is 5.70. The lowest BCUT2D eigenvalue weighted by Crippen LogP contribution is -2.42. The van der Waals surface area contributed by atoms with Crippen LogP contribution >= 0.6 is 22.6 Å². The summed E-state index contributed by atoms with van der Waals surface area (Å²) in [4.78, 5) is 24.2. The molecule has 1 fully saturated rings. The molecule has 1 aromatic rings. The quantitative estimate of drug-likeness (QED) is 0.373. The Bertz CT molecular complexity index is 670. The summed E-state index contributed by atoms with van der Waals surface area (Å²) in [6, 6.07) is 5.02. The van der Waals surface area contributed by atoms with Crippen molar-refractivity contribution in [3.05, 3.63) is 40.0 Å². The molecular weight excluding hydrogens is 447 g/mol. The van der Waals surface area contributed by atoms with E-state index in [0.29, 0.717) is 17.2 Å². The van der Waals surface area contributed by atoms with E-state index in [1.165, 1.54) is 6.08 Å². The summed E-state index contributed by atoms with van der Waals surface area (Å²) in [5.41, 5.74) is 0.519. The van der Waals surface area contributed by atoms with Crippen LogP contribution in [0.25, 0.3) is 0 Å². The molecule has 26 heavy (non-hydrogen) atoms. The Balaban J connectivity index is 2.01. The third-order valence-electron chi connectivity index (χ3n) is 4.45. The lowest BCUT2D eigenvalue weighted by atomic mass is 9.83. The third-order valence-corrected chi connectivity index (χ3v) is 5.34. The van der Waals surface area contributed by atoms with Crippen molar-refractivity contribution in [3.63, 3.8) is 0 Å². The second kappa shape index (κ2) is 9.36. The van der Waals surface area contributed by atoms with Crippen molar-refractivity contribution in [1.29, 1.82) is 0 Å². The van der Waals surface area contributed by atoms with Gasteiger partial charge in [0.2, 0.25) is 0 Å². The predicted molar refractivity (Wildman–Crippen MR) is 109 cm³/mol. The first kappa shape index (κ1) is 20.7. The Morgan fingerprint density at radius 1 is 1.38 bits per heavy atom. The molecule has 142 valence electrons. The Morgan fingerprint density at radius 3 is 2.69 bits per heavy atom. The lowest BCUT2D eigenvalue weighted by molar-refractivity contribution is -0.0368. The molecule has 1 saturated heterocycles. The van der Waals surface area contributed by atoms with Gasteiger partial charge >= 0.3 is 12.1 Å². The van der Waals surface area contributed by atoms with Crippen LogP contribution in [-0.2, 0) is 9.47 Å². The number of nitrogens with one attached hydrogen (secondary N) is 2. The van der Waals surface area contributed by atoms with Crippen LogP contribution in [0, 0.1) is 9.49 Å². The van der Waals surface area contributed by atoms with Gasteiger partial charge in [-0.3, -0.25) is 5.32 Å². The number of hydrogen-bond donors (Lipinski definition) is 2. The van der Waals surface area contributed by atoms with Crippen molar-refractivity contribution >= 4 is 40.3 Å². The van der Waals surface area contributed by atoms with E-state index < -0.39 is 11.7 Å². The minimum Gasteiger partial charge on any atom is -0.456 e. The van der Waals surface area contributed by atoms with Crippen molar-refractivity contribution < 1.29 is 19.1 Å². The molecule has 1 aliphatic rings. The number of hydrogen-bond acceptors (Lipinski definition) is 5. The minimum absolute atomic E-state index is 0.137. The topological polar surface area (TPSA) is 76.7 Å². The SMILES string of the molecule is C=CCOC(=O)Nc1ccc(C(=O)OC(C)(C)C2CCNCC2)cc1I. The zero-order valence-corrected chi connectivity index (χ0v) is 17.3. The van der Waals surface area contributed by atoms with Crippen LogP contribution in [0.4, 0.5) is 10.5 Å². The first-order valence-electron chi connectivity index (χ1n) is 8.62. The van der Waals surface area contributed by atoms with E-state index in [0.717, 1.165) is 29.5 Å². The minimum atomic E-state index is -0.565. The summed E-state index contributed by atoms with van der Waals surface area (Å²) < 4.78 is 11.4. The molecule has 6 nitrogen and oxygen atoms in total. The molecule has 0 aliphatic carbocycles. The average molecular weight is 472 g/mol. The summed E-state index contributed by atoms with van der Waals surface area (Å²) in [6.07, 6.45) is 2.92. The zero-order valence-electron chi connectivity index (χ0n) is 15.1. The van der Waals surface area contributed by atoms with Crippen LogP contribution in [-0.4, -0.2) is 37.4 Å². The predicted octanol–water partition coefficient (Wildman–Crippen LogP) is 3.96. The molecule has 7 heteroatoms. The van der Waals surface area contributed by atoms with Crippen molar-refractivity contribution in [1.82, 2.24) is 5.32 Å². The number of carbonyl (C=O) groups is 2. The van der Waals surface area contributed by atoms with E-state index >= 15 is 0 Å². The highest BCUT2D eigenvalue weighted by molar-refractivity contribution is 14.1. The van der Waals surface area contributed by atoms with E-state index in [2.05, 4.69) is 39.8 Å². The molecule has 0 spiro atoms. The number of halogens is 1. The molecule has 0 aromatic heterocycles. The largest absolute Gasteiger partial charge is 0.456 e. The van der Waals surface area contributed by atoms with Crippen LogP contribution in [0.15, 0.2) is 30.9 Å². The van der Waals surface area contributed by atoms with Crippen LogP contribution in [0.3, 0.4) is 0 Å². The Labute approximate surface area is 167 Å². The van der Waals surface area contributed by atoms with E-state index in [1.807, 2.05) is 13.8 Å². The second-order valence-electron chi connectivity index (χ2n) is 6.72. The monoisotopic (exact) mass is 472 g/mol. The molecular formula is C19H25IN2O4. The maximum Gasteiger partial charge on any atom is 0.411 e. The van der Waals surface area contributed by atoms with Gasteiger partial charge in [-0.15, -0.1) is 0 Å². The van der Waals surface area contributed by atoms with E-state index in [4.69, 9.17) is 9.47 Å². The number of carbonyl (C=O) groups excluding carboxylic acids is 2. The highest BCUT2D eigenvalue weighted by Crippen LogP contribution is 2.30. The number of ether oxygens (including phenoxy) is 2.